The van der Waals surface area contributed by atoms with Gasteiger partial charge in [-0.15, -0.1) is 0 Å². The topological polar surface area (TPSA) is 30.5 Å². The molecule has 0 amide bonds. The molecule has 1 fully saturated rings. The summed E-state index contributed by atoms with van der Waals surface area (Å²) >= 11 is 0. The monoisotopic (exact) mass is 253 g/mol. The summed E-state index contributed by atoms with van der Waals surface area (Å²) in [6.07, 6.45) is 2.08. The third-order valence-corrected chi connectivity index (χ3v) is 3.30. The quantitative estimate of drug-likeness (QED) is 0.875. The molecule has 1 aliphatic rings. The van der Waals surface area contributed by atoms with Crippen molar-refractivity contribution in [2.45, 2.75) is 31.9 Å². The van der Waals surface area contributed by atoms with E-state index in [1.165, 1.54) is 13.2 Å². The van der Waals surface area contributed by atoms with E-state index in [-0.39, 0.29) is 18.0 Å². The normalized spacial score (nSPS) is 20.9. The summed E-state index contributed by atoms with van der Waals surface area (Å²) in [5.74, 6) is 0.301. The molecule has 2 unspecified atom stereocenters. The summed E-state index contributed by atoms with van der Waals surface area (Å²) in [7, 11) is 1.54. The van der Waals surface area contributed by atoms with Crippen LogP contribution in [0.1, 0.15) is 31.4 Å². The van der Waals surface area contributed by atoms with Crippen molar-refractivity contribution in [1.82, 2.24) is 5.32 Å². The van der Waals surface area contributed by atoms with Crippen molar-refractivity contribution in [2.24, 2.45) is 0 Å². The van der Waals surface area contributed by atoms with Gasteiger partial charge < -0.3 is 14.8 Å². The van der Waals surface area contributed by atoms with Crippen molar-refractivity contribution in [3.05, 3.63) is 29.6 Å². The molecule has 1 heterocycles. The maximum absolute atomic E-state index is 14.1. The highest BCUT2D eigenvalue weighted by Crippen LogP contribution is 2.30. The summed E-state index contributed by atoms with van der Waals surface area (Å²) in [6.45, 7) is 3.57. The van der Waals surface area contributed by atoms with Gasteiger partial charge in [0.25, 0.3) is 0 Å². The molecule has 0 bridgehead atoms. The van der Waals surface area contributed by atoms with Crippen LogP contribution in [0, 0.1) is 5.82 Å². The van der Waals surface area contributed by atoms with Crippen LogP contribution in [0.3, 0.4) is 0 Å². The highest BCUT2D eigenvalue weighted by Gasteiger charge is 2.28. The van der Waals surface area contributed by atoms with Crippen LogP contribution in [0.2, 0.25) is 0 Å². The molecule has 2 rings (SSSR count). The minimum Gasteiger partial charge on any atom is -0.497 e. The Bertz CT molecular complexity index is 391. The summed E-state index contributed by atoms with van der Waals surface area (Å²) < 4.78 is 24.8. The second kappa shape index (κ2) is 6.16. The molecule has 1 aromatic rings. The fourth-order valence-electron chi connectivity index (χ4n) is 2.41. The van der Waals surface area contributed by atoms with Crippen molar-refractivity contribution >= 4 is 0 Å². The second-order valence-electron chi connectivity index (χ2n) is 4.47. The molecular formula is C14H20FNO2. The summed E-state index contributed by atoms with van der Waals surface area (Å²) in [5, 5.41) is 3.31. The zero-order valence-electron chi connectivity index (χ0n) is 10.9. The Morgan fingerprint density at radius 2 is 2.39 bits per heavy atom. The molecule has 100 valence electrons. The van der Waals surface area contributed by atoms with E-state index < -0.39 is 0 Å². The molecule has 0 spiro atoms. The molecular weight excluding hydrogens is 233 g/mol. The van der Waals surface area contributed by atoms with Crippen molar-refractivity contribution in [1.29, 1.82) is 0 Å². The summed E-state index contributed by atoms with van der Waals surface area (Å²) in [5.41, 5.74) is 0.657. The predicted molar refractivity (Wildman–Crippen MR) is 68.3 cm³/mol. The first-order chi connectivity index (χ1) is 8.76. The van der Waals surface area contributed by atoms with Crippen molar-refractivity contribution < 1.29 is 13.9 Å². The number of halogens is 1. The number of ether oxygens (including phenoxy) is 2. The van der Waals surface area contributed by atoms with Crippen LogP contribution in [-0.2, 0) is 4.74 Å². The van der Waals surface area contributed by atoms with Gasteiger partial charge in [-0.05, 0) is 25.5 Å². The first-order valence-corrected chi connectivity index (χ1v) is 6.44. The lowest BCUT2D eigenvalue weighted by molar-refractivity contribution is 0.0776. The van der Waals surface area contributed by atoms with Gasteiger partial charge in [-0.25, -0.2) is 4.39 Å². The minimum atomic E-state index is -0.240. The Balaban J connectivity index is 2.23. The molecule has 0 radical (unpaired) electrons. The van der Waals surface area contributed by atoms with E-state index in [0.29, 0.717) is 11.3 Å². The third kappa shape index (κ3) is 2.82. The number of nitrogens with one attached hydrogen (secondary N) is 1. The van der Waals surface area contributed by atoms with Gasteiger partial charge in [0.15, 0.2) is 0 Å². The highest BCUT2D eigenvalue weighted by atomic mass is 19.1. The van der Waals surface area contributed by atoms with E-state index in [1.54, 1.807) is 12.1 Å². The first kappa shape index (κ1) is 13.3. The predicted octanol–water partition coefficient (Wildman–Crippen LogP) is 2.66. The zero-order chi connectivity index (χ0) is 13.0. The Kier molecular flexibility index (Phi) is 4.55. The Morgan fingerprint density at radius 1 is 1.56 bits per heavy atom. The Labute approximate surface area is 107 Å². The lowest BCUT2D eigenvalue weighted by Crippen LogP contribution is -2.32. The molecule has 4 heteroatoms. The number of likely N-dealkylation sites (N-methyl/N-ethyl adjacent to an activating group) is 1. The Hall–Kier alpha value is -1.13. The van der Waals surface area contributed by atoms with Crippen LogP contribution >= 0.6 is 0 Å². The van der Waals surface area contributed by atoms with Crippen LogP contribution in [-0.4, -0.2) is 26.4 Å². The molecule has 0 aromatic heterocycles. The molecule has 0 saturated carbocycles. The lowest BCUT2D eigenvalue weighted by atomic mass is 9.98. The van der Waals surface area contributed by atoms with Crippen LogP contribution in [0.5, 0.6) is 5.75 Å². The van der Waals surface area contributed by atoms with Crippen LogP contribution in [0.15, 0.2) is 18.2 Å². The maximum atomic E-state index is 14.1. The number of rotatable bonds is 5. The molecule has 1 N–H and O–H groups in total. The van der Waals surface area contributed by atoms with Crippen molar-refractivity contribution in [2.75, 3.05) is 20.3 Å². The van der Waals surface area contributed by atoms with Crippen molar-refractivity contribution in [3.63, 3.8) is 0 Å². The van der Waals surface area contributed by atoms with Gasteiger partial charge in [-0.2, -0.15) is 0 Å². The van der Waals surface area contributed by atoms with Gasteiger partial charge in [-0.3, -0.25) is 0 Å². The SMILES string of the molecule is CCNC(c1ccc(OC)cc1F)C1CCCO1. The van der Waals surface area contributed by atoms with E-state index in [9.17, 15) is 4.39 Å². The average molecular weight is 253 g/mol. The van der Waals surface area contributed by atoms with E-state index in [1.807, 2.05) is 6.92 Å². The molecule has 3 nitrogen and oxygen atoms in total. The fourth-order valence-corrected chi connectivity index (χ4v) is 2.41. The lowest BCUT2D eigenvalue weighted by Gasteiger charge is -2.24. The van der Waals surface area contributed by atoms with Gasteiger partial charge in [0.05, 0.1) is 19.3 Å². The van der Waals surface area contributed by atoms with Crippen LogP contribution < -0.4 is 10.1 Å². The minimum absolute atomic E-state index is 0.0628. The Morgan fingerprint density at radius 3 is 2.94 bits per heavy atom. The summed E-state index contributed by atoms with van der Waals surface area (Å²) in [4.78, 5) is 0. The van der Waals surface area contributed by atoms with E-state index >= 15 is 0 Å². The highest BCUT2D eigenvalue weighted by molar-refractivity contribution is 5.31. The zero-order valence-corrected chi connectivity index (χ0v) is 10.9. The molecule has 0 aliphatic carbocycles. The average Bonchev–Trinajstić information content (AvgIpc) is 2.90. The fraction of sp³-hybridized carbons (Fsp3) is 0.571. The van der Waals surface area contributed by atoms with Crippen LogP contribution in [0.4, 0.5) is 4.39 Å². The maximum Gasteiger partial charge on any atom is 0.131 e. The third-order valence-electron chi connectivity index (χ3n) is 3.30. The van der Waals surface area contributed by atoms with Gasteiger partial charge in [-0.1, -0.05) is 13.0 Å². The van der Waals surface area contributed by atoms with E-state index in [4.69, 9.17) is 9.47 Å². The largest absolute Gasteiger partial charge is 0.497 e. The first-order valence-electron chi connectivity index (χ1n) is 6.44. The molecule has 2 atom stereocenters. The molecule has 1 saturated heterocycles. The van der Waals surface area contributed by atoms with Gasteiger partial charge in [0.2, 0.25) is 0 Å². The molecule has 1 aliphatic heterocycles. The smallest absolute Gasteiger partial charge is 0.131 e. The number of hydrogen-bond acceptors (Lipinski definition) is 3. The second-order valence-corrected chi connectivity index (χ2v) is 4.47. The van der Waals surface area contributed by atoms with E-state index in [2.05, 4.69) is 5.32 Å². The van der Waals surface area contributed by atoms with Gasteiger partial charge in [0, 0.05) is 18.2 Å². The van der Waals surface area contributed by atoms with E-state index in [0.717, 1.165) is 26.0 Å². The van der Waals surface area contributed by atoms with Crippen molar-refractivity contribution in [3.8, 4) is 5.75 Å². The van der Waals surface area contributed by atoms with Gasteiger partial charge in [0.1, 0.15) is 11.6 Å². The van der Waals surface area contributed by atoms with Gasteiger partial charge >= 0.3 is 0 Å². The number of methoxy groups -OCH3 is 1. The standard InChI is InChI=1S/C14H20FNO2/c1-3-16-14(13-5-4-8-18-13)11-7-6-10(17-2)9-12(11)15/h6-7,9,13-14,16H,3-5,8H2,1-2H3. The molecule has 1 aromatic carbocycles. The summed E-state index contributed by atoms with van der Waals surface area (Å²) in [6, 6.07) is 4.92. The molecule has 18 heavy (non-hydrogen) atoms. The number of benzene rings is 1. The number of hydrogen-bond donors (Lipinski definition) is 1. The van der Waals surface area contributed by atoms with Crippen LogP contribution in [0.25, 0.3) is 0 Å².